The van der Waals surface area contributed by atoms with E-state index in [1.54, 1.807) is 6.92 Å². The number of esters is 1. The summed E-state index contributed by atoms with van der Waals surface area (Å²) >= 11 is 0. The summed E-state index contributed by atoms with van der Waals surface area (Å²) in [6.45, 7) is 5.62. The first-order valence-electron chi connectivity index (χ1n) is 6.69. The number of carbonyl (C=O) groups excluding carboxylic acids is 3. The van der Waals surface area contributed by atoms with Crippen molar-refractivity contribution in [1.29, 1.82) is 0 Å². The number of amides is 3. The summed E-state index contributed by atoms with van der Waals surface area (Å²) in [6, 6.07) is 0.852. The maximum absolute atomic E-state index is 11.6. The Kier molecular flexibility index (Phi) is 6.45. The molecular formula is C14H20N2O5. The highest BCUT2D eigenvalue weighted by molar-refractivity contribution is 5.97. The van der Waals surface area contributed by atoms with Crippen molar-refractivity contribution in [2.24, 2.45) is 5.92 Å². The lowest BCUT2D eigenvalue weighted by Gasteiger charge is -2.08. The number of hydrogen-bond acceptors (Lipinski definition) is 5. The number of hydrogen-bond donors (Lipinski definition) is 2. The van der Waals surface area contributed by atoms with E-state index in [2.05, 4.69) is 10.6 Å². The van der Waals surface area contributed by atoms with Crippen LogP contribution in [0.1, 0.15) is 36.4 Å². The van der Waals surface area contributed by atoms with Crippen LogP contribution in [0.3, 0.4) is 0 Å². The molecular weight excluding hydrogens is 276 g/mol. The van der Waals surface area contributed by atoms with Crippen LogP contribution >= 0.6 is 0 Å². The molecule has 1 rings (SSSR count). The minimum Gasteiger partial charge on any atom is -0.469 e. The van der Waals surface area contributed by atoms with Gasteiger partial charge in [0.25, 0.3) is 5.91 Å². The van der Waals surface area contributed by atoms with E-state index >= 15 is 0 Å². The van der Waals surface area contributed by atoms with E-state index in [0.717, 1.165) is 6.42 Å². The summed E-state index contributed by atoms with van der Waals surface area (Å²) in [5.74, 6) is -0.491. The zero-order valence-electron chi connectivity index (χ0n) is 12.4. The Morgan fingerprint density at radius 1 is 1.33 bits per heavy atom. The second-order valence-electron chi connectivity index (χ2n) is 4.95. The van der Waals surface area contributed by atoms with Crippen LogP contribution < -0.4 is 10.6 Å². The largest absolute Gasteiger partial charge is 0.469 e. The Bertz CT molecular complexity index is 507. The van der Waals surface area contributed by atoms with Gasteiger partial charge in [-0.1, -0.05) is 13.8 Å². The third-order valence-corrected chi connectivity index (χ3v) is 2.67. The highest BCUT2D eigenvalue weighted by Crippen LogP contribution is 2.09. The number of rotatable bonds is 6. The second-order valence-corrected chi connectivity index (χ2v) is 4.95. The van der Waals surface area contributed by atoms with Crippen LogP contribution in [-0.2, 0) is 9.53 Å². The standard InChI is InChI=1S/C14H20N2O5/c1-9(2)4-6-15-14(19)16-12(17)8-21-13(18)11-5-7-20-10(11)3/h5,7,9H,4,6,8H2,1-3H3,(H2,15,16,17,19). The first kappa shape index (κ1) is 16.7. The number of nitrogens with one attached hydrogen (secondary N) is 2. The van der Waals surface area contributed by atoms with E-state index in [1.807, 2.05) is 13.8 Å². The van der Waals surface area contributed by atoms with Crippen LogP contribution in [-0.4, -0.2) is 31.1 Å². The zero-order chi connectivity index (χ0) is 15.8. The van der Waals surface area contributed by atoms with Gasteiger partial charge in [-0.05, 0) is 25.3 Å². The molecule has 0 unspecified atom stereocenters. The molecule has 0 saturated carbocycles. The highest BCUT2D eigenvalue weighted by atomic mass is 16.5. The number of urea groups is 1. The molecule has 7 nitrogen and oxygen atoms in total. The van der Waals surface area contributed by atoms with Gasteiger partial charge in [-0.3, -0.25) is 10.1 Å². The second kappa shape index (κ2) is 8.08. The molecule has 0 aliphatic heterocycles. The molecule has 1 heterocycles. The van der Waals surface area contributed by atoms with Crippen molar-refractivity contribution < 1.29 is 23.5 Å². The van der Waals surface area contributed by atoms with Crippen LogP contribution in [0.25, 0.3) is 0 Å². The lowest BCUT2D eigenvalue weighted by Crippen LogP contribution is -2.42. The predicted molar refractivity (Wildman–Crippen MR) is 74.7 cm³/mol. The van der Waals surface area contributed by atoms with Gasteiger partial charge in [0.2, 0.25) is 0 Å². The number of carbonyl (C=O) groups is 3. The molecule has 0 spiro atoms. The van der Waals surface area contributed by atoms with Crippen LogP contribution in [0.15, 0.2) is 16.7 Å². The lowest BCUT2D eigenvalue weighted by molar-refractivity contribution is -0.123. The van der Waals surface area contributed by atoms with Gasteiger partial charge in [-0.15, -0.1) is 0 Å². The van der Waals surface area contributed by atoms with Gasteiger partial charge in [0, 0.05) is 6.54 Å². The maximum Gasteiger partial charge on any atom is 0.342 e. The first-order chi connectivity index (χ1) is 9.90. The zero-order valence-corrected chi connectivity index (χ0v) is 12.4. The molecule has 7 heteroatoms. The van der Waals surface area contributed by atoms with Gasteiger partial charge in [0.15, 0.2) is 6.61 Å². The average Bonchev–Trinajstić information content (AvgIpc) is 2.81. The average molecular weight is 296 g/mol. The summed E-state index contributed by atoms with van der Waals surface area (Å²) in [5.41, 5.74) is 0.254. The molecule has 21 heavy (non-hydrogen) atoms. The van der Waals surface area contributed by atoms with Crippen LogP contribution in [0.5, 0.6) is 0 Å². The molecule has 0 saturated heterocycles. The van der Waals surface area contributed by atoms with E-state index in [-0.39, 0.29) is 5.56 Å². The van der Waals surface area contributed by atoms with E-state index in [0.29, 0.717) is 18.2 Å². The first-order valence-corrected chi connectivity index (χ1v) is 6.69. The van der Waals surface area contributed by atoms with Crippen molar-refractivity contribution in [3.63, 3.8) is 0 Å². The third-order valence-electron chi connectivity index (χ3n) is 2.67. The summed E-state index contributed by atoms with van der Waals surface area (Å²) in [6.07, 6.45) is 2.17. The van der Waals surface area contributed by atoms with Crippen LogP contribution in [0, 0.1) is 12.8 Å². The molecule has 0 aromatic carbocycles. The van der Waals surface area contributed by atoms with Gasteiger partial charge in [0.05, 0.1) is 6.26 Å². The number of aryl methyl sites for hydroxylation is 1. The van der Waals surface area contributed by atoms with Crippen molar-refractivity contribution >= 4 is 17.9 Å². The number of furan rings is 1. The minimum absolute atomic E-state index is 0.254. The summed E-state index contributed by atoms with van der Waals surface area (Å²) < 4.78 is 9.74. The van der Waals surface area contributed by atoms with E-state index < -0.39 is 24.5 Å². The Morgan fingerprint density at radius 3 is 2.62 bits per heavy atom. The fourth-order valence-electron chi connectivity index (χ4n) is 1.49. The smallest absolute Gasteiger partial charge is 0.342 e. The van der Waals surface area contributed by atoms with Crippen molar-refractivity contribution in [2.75, 3.05) is 13.2 Å². The molecule has 116 valence electrons. The Morgan fingerprint density at radius 2 is 2.05 bits per heavy atom. The van der Waals surface area contributed by atoms with Gasteiger partial charge >= 0.3 is 12.0 Å². The topological polar surface area (TPSA) is 97.6 Å². The summed E-state index contributed by atoms with van der Waals surface area (Å²) in [4.78, 5) is 34.4. The van der Waals surface area contributed by atoms with Crippen molar-refractivity contribution in [2.45, 2.75) is 27.2 Å². The lowest BCUT2D eigenvalue weighted by atomic mass is 10.1. The van der Waals surface area contributed by atoms with Gasteiger partial charge in [-0.2, -0.15) is 0 Å². The molecule has 0 bridgehead atoms. The van der Waals surface area contributed by atoms with Crippen molar-refractivity contribution in [3.05, 3.63) is 23.7 Å². The van der Waals surface area contributed by atoms with Crippen LogP contribution in [0.4, 0.5) is 4.79 Å². The highest BCUT2D eigenvalue weighted by Gasteiger charge is 2.15. The SMILES string of the molecule is Cc1occc1C(=O)OCC(=O)NC(=O)NCCC(C)C. The number of imide groups is 1. The predicted octanol–water partition coefficient (Wildman–Crippen LogP) is 1.62. The molecule has 1 aromatic rings. The van der Waals surface area contributed by atoms with Gasteiger partial charge in [-0.25, -0.2) is 9.59 Å². The van der Waals surface area contributed by atoms with E-state index in [4.69, 9.17) is 9.15 Å². The molecule has 1 aromatic heterocycles. The van der Waals surface area contributed by atoms with Crippen molar-refractivity contribution in [1.82, 2.24) is 10.6 Å². The monoisotopic (exact) mass is 296 g/mol. The maximum atomic E-state index is 11.6. The fourth-order valence-corrected chi connectivity index (χ4v) is 1.49. The van der Waals surface area contributed by atoms with Gasteiger partial charge in [0.1, 0.15) is 11.3 Å². The normalized spacial score (nSPS) is 10.3. The molecule has 0 fully saturated rings. The molecule has 2 N–H and O–H groups in total. The van der Waals surface area contributed by atoms with E-state index in [1.165, 1.54) is 12.3 Å². The molecule has 0 atom stereocenters. The van der Waals surface area contributed by atoms with Crippen LogP contribution in [0.2, 0.25) is 0 Å². The summed E-state index contributed by atoms with van der Waals surface area (Å²) in [5, 5.41) is 4.62. The Balaban J connectivity index is 2.26. The minimum atomic E-state index is -0.688. The number of ether oxygens (including phenoxy) is 1. The molecule has 0 radical (unpaired) electrons. The Hall–Kier alpha value is -2.31. The van der Waals surface area contributed by atoms with E-state index in [9.17, 15) is 14.4 Å². The molecule has 0 aliphatic rings. The quantitative estimate of drug-likeness (QED) is 0.777. The molecule has 3 amide bonds. The van der Waals surface area contributed by atoms with Gasteiger partial charge < -0.3 is 14.5 Å². The third kappa shape index (κ3) is 6.11. The summed E-state index contributed by atoms with van der Waals surface area (Å²) in [7, 11) is 0. The molecule has 0 aliphatic carbocycles. The Labute approximate surface area is 123 Å². The fraction of sp³-hybridized carbons (Fsp3) is 0.500. The van der Waals surface area contributed by atoms with Crippen molar-refractivity contribution in [3.8, 4) is 0 Å².